The number of hydrogen-bond donors (Lipinski definition) is 3. The van der Waals surface area contributed by atoms with Crippen LogP contribution in [0.1, 0.15) is 83.7 Å². The second-order valence-electron chi connectivity index (χ2n) is 19.0. The molecule has 4 aromatic rings. The number of ether oxygens (including phenoxy) is 3. The number of fused-ring (bicyclic) bond motifs is 1. The maximum absolute atomic E-state index is 14.6. The number of esters is 1. The molecule has 4 heterocycles. The molecular weight excluding hydrogens is 891 g/mol. The van der Waals surface area contributed by atoms with E-state index in [9.17, 15) is 32.7 Å². The van der Waals surface area contributed by atoms with Crippen molar-refractivity contribution in [2.45, 2.75) is 110 Å². The Labute approximate surface area is 400 Å². The Bertz CT molecular complexity index is 2530. The Morgan fingerprint density at radius 3 is 2.43 bits per heavy atom. The molecule has 0 radical (unpaired) electrons. The minimum Gasteiger partial charge on any atom is -0.468 e. The van der Waals surface area contributed by atoms with E-state index >= 15 is 0 Å². The first-order chi connectivity index (χ1) is 32.3. The molecule has 2 saturated heterocycles. The zero-order valence-corrected chi connectivity index (χ0v) is 41.7. The predicted octanol–water partition coefficient (Wildman–Crippen LogP) is 5.43. The summed E-state index contributed by atoms with van der Waals surface area (Å²) >= 11 is 0. The second-order valence-corrected chi connectivity index (χ2v) is 21.4. The van der Waals surface area contributed by atoms with Crippen LogP contribution in [0.15, 0.2) is 66.9 Å². The van der Waals surface area contributed by atoms with Gasteiger partial charge in [0, 0.05) is 75.3 Å². The van der Waals surface area contributed by atoms with E-state index in [0.717, 1.165) is 44.7 Å². The summed E-state index contributed by atoms with van der Waals surface area (Å²) in [5.74, 6) is -2.50. The monoisotopic (exact) mass is 959 g/mol. The van der Waals surface area contributed by atoms with E-state index < -0.39 is 68.4 Å². The summed E-state index contributed by atoms with van der Waals surface area (Å²) in [6.45, 7) is 12.6. The lowest BCUT2D eigenvalue weighted by Crippen LogP contribution is -2.62. The maximum Gasteiger partial charge on any atom is 0.410 e. The number of sulfone groups is 1. The van der Waals surface area contributed by atoms with Gasteiger partial charge in [-0.15, -0.1) is 0 Å². The highest BCUT2D eigenvalue weighted by molar-refractivity contribution is 7.92. The van der Waals surface area contributed by atoms with Crippen molar-refractivity contribution < 1.29 is 46.9 Å². The number of aliphatic hydroxyl groups excluding tert-OH is 1. The Hall–Kier alpha value is -5.56. The molecule has 0 aliphatic carbocycles. The predicted molar refractivity (Wildman–Crippen MR) is 260 cm³/mol. The van der Waals surface area contributed by atoms with E-state index in [1.165, 1.54) is 24.1 Å². The van der Waals surface area contributed by atoms with Crippen molar-refractivity contribution in [3.05, 3.63) is 83.7 Å². The number of carbonyl (C=O) groups is 4. The average molecular weight is 960 g/mol. The number of amides is 3. The van der Waals surface area contributed by atoms with Crippen LogP contribution < -0.4 is 15.6 Å². The normalized spacial score (nSPS) is 18.8. The quantitative estimate of drug-likeness (QED) is 0.107. The van der Waals surface area contributed by atoms with Crippen molar-refractivity contribution in [2.24, 2.45) is 11.3 Å². The van der Waals surface area contributed by atoms with E-state index in [0.29, 0.717) is 25.8 Å². The summed E-state index contributed by atoms with van der Waals surface area (Å²) in [7, 11) is 0.540. The molecule has 68 heavy (non-hydrogen) atoms. The Balaban J connectivity index is 1.35. The van der Waals surface area contributed by atoms with Crippen molar-refractivity contribution in [3.63, 3.8) is 0 Å². The molecule has 370 valence electrons. The molecule has 2 aliphatic heterocycles. The van der Waals surface area contributed by atoms with Crippen molar-refractivity contribution in [1.29, 1.82) is 0 Å². The number of hydrogen-bond acceptors (Lipinski definition) is 13. The number of benzene rings is 2. The van der Waals surface area contributed by atoms with E-state index in [1.54, 1.807) is 27.2 Å². The van der Waals surface area contributed by atoms with Gasteiger partial charge in [-0.05, 0) is 92.3 Å². The van der Waals surface area contributed by atoms with Crippen LogP contribution in [-0.2, 0) is 58.0 Å². The molecule has 6 rings (SSSR count). The maximum atomic E-state index is 14.6. The number of rotatable bonds is 18. The van der Waals surface area contributed by atoms with Crippen LogP contribution in [0.25, 0.3) is 22.2 Å². The summed E-state index contributed by atoms with van der Waals surface area (Å²) in [5, 5.41) is 14.5. The number of aromatic nitrogens is 2. The average Bonchev–Trinajstić information content (AvgIpc) is 3.64. The van der Waals surface area contributed by atoms with Crippen LogP contribution in [-0.4, -0.2) is 133 Å². The Kier molecular flexibility index (Phi) is 17.0. The van der Waals surface area contributed by atoms with Crippen molar-refractivity contribution in [2.75, 3.05) is 58.2 Å². The zero-order valence-electron chi connectivity index (χ0n) is 40.9. The number of hydrazine groups is 1. The summed E-state index contributed by atoms with van der Waals surface area (Å²) in [5.41, 5.74) is 8.65. The summed E-state index contributed by atoms with van der Waals surface area (Å²) in [6.07, 6.45) is 1.81. The first kappa shape index (κ1) is 51.8. The molecule has 17 nitrogen and oxygen atoms in total. The van der Waals surface area contributed by atoms with E-state index in [2.05, 4.69) is 28.3 Å². The fourth-order valence-corrected chi connectivity index (χ4v) is 11.1. The molecule has 2 fully saturated rings. The van der Waals surface area contributed by atoms with Crippen molar-refractivity contribution in [3.8, 4) is 11.3 Å². The minimum atomic E-state index is -3.82. The van der Waals surface area contributed by atoms with Gasteiger partial charge in [-0.25, -0.2) is 18.6 Å². The molecule has 2 aromatic carbocycles. The van der Waals surface area contributed by atoms with Crippen LogP contribution in [0.4, 0.5) is 10.5 Å². The highest BCUT2D eigenvalue weighted by Gasteiger charge is 2.42. The van der Waals surface area contributed by atoms with Crippen molar-refractivity contribution in [1.82, 2.24) is 30.2 Å². The van der Waals surface area contributed by atoms with Gasteiger partial charge in [0.05, 0.1) is 35.6 Å². The topological polar surface area (TPSA) is 202 Å². The lowest BCUT2D eigenvalue weighted by Gasteiger charge is -2.38. The number of anilines is 1. The van der Waals surface area contributed by atoms with Crippen molar-refractivity contribution >= 4 is 50.3 Å². The highest BCUT2D eigenvalue weighted by atomic mass is 32.2. The molecule has 0 saturated carbocycles. The molecule has 3 N–H and O–H groups in total. The molecule has 5 atom stereocenters. The summed E-state index contributed by atoms with van der Waals surface area (Å²) in [4.78, 5) is 62.9. The molecule has 3 amide bonds. The third-order valence-corrected chi connectivity index (χ3v) is 15.3. The molecule has 0 spiro atoms. The lowest BCUT2D eigenvalue weighted by molar-refractivity contribution is -0.151. The number of carbonyl (C=O) groups excluding carboxylic acids is 4. The summed E-state index contributed by atoms with van der Waals surface area (Å²) in [6, 6.07) is 15.9. The van der Waals surface area contributed by atoms with Gasteiger partial charge in [0.1, 0.15) is 24.7 Å². The first-order valence-corrected chi connectivity index (χ1v) is 25.2. The van der Waals surface area contributed by atoms with Gasteiger partial charge in [0.25, 0.3) is 5.91 Å². The van der Waals surface area contributed by atoms with E-state index in [4.69, 9.17) is 19.2 Å². The van der Waals surface area contributed by atoms with Gasteiger partial charge in [-0.3, -0.25) is 29.3 Å². The van der Waals surface area contributed by atoms with Gasteiger partial charge in [0.15, 0.2) is 9.84 Å². The molecule has 2 aliphatic rings. The fraction of sp³-hybridized carbons (Fsp3) is 0.540. The van der Waals surface area contributed by atoms with Gasteiger partial charge >= 0.3 is 12.1 Å². The van der Waals surface area contributed by atoms with Crippen LogP contribution >= 0.6 is 0 Å². The van der Waals surface area contributed by atoms with Crippen LogP contribution in [0.3, 0.4) is 0 Å². The SMILES string of the molecule is CCn1c(-c2cccnc2[C@H](C)OC)c(CC(C)(C)CO)c2cc(N3CCS(=O)(=O)C(CC(NC(=O)[C@H](C(C)C)N(C)C(=O)OCc4ccccc4)C(=O)N4CCC[C@@H](C(=O)OC)N4)C3)ccc21. The lowest BCUT2D eigenvalue weighted by atomic mass is 9.84. The highest BCUT2D eigenvalue weighted by Crippen LogP contribution is 2.42. The second kappa shape index (κ2) is 22.2. The number of aliphatic hydroxyl groups is 1. The Morgan fingerprint density at radius 1 is 1.03 bits per heavy atom. The zero-order chi connectivity index (χ0) is 49.5. The number of likely N-dealkylation sites (N-methyl/N-ethyl adjacent to an activating group) is 1. The number of aryl methyl sites for hydroxylation is 1. The van der Waals surface area contributed by atoms with Crippen LogP contribution in [0.5, 0.6) is 0 Å². The number of nitrogens with one attached hydrogen (secondary N) is 2. The van der Waals surface area contributed by atoms with Gasteiger partial charge in [-0.1, -0.05) is 58.0 Å². The molecule has 2 aromatic heterocycles. The molecular formula is C50H69N7O10S. The minimum absolute atomic E-state index is 0.0158. The molecule has 0 bridgehead atoms. The first-order valence-electron chi connectivity index (χ1n) is 23.4. The number of pyridine rings is 1. The van der Waals surface area contributed by atoms with Crippen LogP contribution in [0, 0.1) is 11.3 Å². The van der Waals surface area contributed by atoms with Gasteiger partial charge < -0.3 is 34.1 Å². The number of methoxy groups -OCH3 is 2. The standard InChI is InChI=1S/C50H69N7O10S/c1-10-56-42-21-20-35(26-38(42)39(28-50(5,6)31-58)45(56)37-18-14-22-51-43(37)33(4)65-8)55-24-25-68(63,64)36(29-55)27-41(47(60)57-23-15-19-40(53-57)48(61)66-9)52-46(59)44(32(2)3)54(7)49(62)67-30-34-16-12-11-13-17-34/h11-14,16-18,20-22,26,32-33,36,40-41,44,53,58H,10,15,19,23-25,27-31H2,1-9H3,(H,52,59)/t33-,36?,40-,41?,44-/m0/s1. The van der Waals surface area contributed by atoms with E-state index in [-0.39, 0.29) is 51.1 Å². The number of nitrogens with zero attached hydrogens (tertiary/aromatic N) is 5. The van der Waals surface area contributed by atoms with E-state index in [1.807, 2.05) is 80.3 Å². The van der Waals surface area contributed by atoms with Gasteiger partial charge in [0.2, 0.25) is 5.91 Å². The fourth-order valence-electron chi connectivity index (χ4n) is 9.37. The molecule has 18 heteroatoms. The smallest absolute Gasteiger partial charge is 0.410 e. The van der Waals surface area contributed by atoms with Gasteiger partial charge in [-0.2, -0.15) is 0 Å². The Morgan fingerprint density at radius 2 is 1.76 bits per heavy atom. The third-order valence-electron chi connectivity index (χ3n) is 13.2. The summed E-state index contributed by atoms with van der Waals surface area (Å²) < 4.78 is 46.8. The molecule has 2 unspecified atom stereocenters. The largest absolute Gasteiger partial charge is 0.468 e. The van der Waals surface area contributed by atoms with Crippen LogP contribution in [0.2, 0.25) is 0 Å². The third kappa shape index (κ3) is 11.6.